The number of benzene rings is 1. The summed E-state index contributed by atoms with van der Waals surface area (Å²) in [5.41, 5.74) is 8.59. The molecule has 1 fully saturated rings. The molecule has 1 aliphatic heterocycles. The Morgan fingerprint density at radius 1 is 1.20 bits per heavy atom. The molecule has 106 valence electrons. The summed E-state index contributed by atoms with van der Waals surface area (Å²) in [6.45, 7) is 5.32. The van der Waals surface area contributed by atoms with Crippen LogP contribution in [0.15, 0.2) is 30.5 Å². The third-order valence-electron chi connectivity index (χ3n) is 4.06. The lowest BCUT2D eigenvalue weighted by molar-refractivity contribution is 0.467. The first-order valence-electron chi connectivity index (χ1n) is 6.94. The number of anilines is 1. The van der Waals surface area contributed by atoms with Crippen LogP contribution in [-0.4, -0.2) is 23.6 Å². The molecule has 3 N–H and O–H groups in total. The Morgan fingerprint density at radius 3 is 2.70 bits per heavy atom. The van der Waals surface area contributed by atoms with E-state index in [-0.39, 0.29) is 0 Å². The minimum absolute atomic E-state index is 0.458. The Morgan fingerprint density at radius 2 is 1.95 bits per heavy atom. The van der Waals surface area contributed by atoms with Gasteiger partial charge in [-0.1, -0.05) is 11.6 Å². The Balaban J connectivity index is 1.81. The van der Waals surface area contributed by atoms with Crippen molar-refractivity contribution < 1.29 is 0 Å². The van der Waals surface area contributed by atoms with Gasteiger partial charge in [0, 0.05) is 46.8 Å². The second kappa shape index (κ2) is 5.56. The fraction of sp³-hybridized carbons (Fsp3) is 0.400. The predicted octanol–water partition coefficient (Wildman–Crippen LogP) is 2.80. The molecule has 2 heterocycles. The Labute approximate surface area is 123 Å². The minimum Gasteiger partial charge on any atom is -0.384 e. The van der Waals surface area contributed by atoms with Gasteiger partial charge in [0.1, 0.15) is 0 Å². The van der Waals surface area contributed by atoms with Gasteiger partial charge in [0.2, 0.25) is 0 Å². The summed E-state index contributed by atoms with van der Waals surface area (Å²) >= 11 is 6.01. The van der Waals surface area contributed by atoms with Crippen molar-refractivity contribution in [2.24, 2.45) is 5.92 Å². The van der Waals surface area contributed by atoms with Gasteiger partial charge in [-0.15, -0.1) is 0 Å². The second-order valence-corrected chi connectivity index (χ2v) is 5.87. The van der Waals surface area contributed by atoms with Gasteiger partial charge in [0.15, 0.2) is 0 Å². The Bertz CT molecular complexity index is 606. The van der Waals surface area contributed by atoms with E-state index >= 15 is 0 Å². The normalized spacial score (nSPS) is 26.1. The average molecular weight is 291 g/mol. The summed E-state index contributed by atoms with van der Waals surface area (Å²) < 4.78 is 0. The molecular formula is C15H19ClN4. The molecular weight excluding hydrogens is 272 g/mol. The number of hydrogen-bond acceptors (Lipinski definition) is 4. The van der Waals surface area contributed by atoms with Crippen LogP contribution in [0.4, 0.5) is 5.69 Å². The predicted molar refractivity (Wildman–Crippen MR) is 83.9 cm³/mol. The van der Waals surface area contributed by atoms with Crippen LogP contribution in [0.1, 0.15) is 13.8 Å². The van der Waals surface area contributed by atoms with Crippen molar-refractivity contribution in [2.75, 3.05) is 11.9 Å². The fourth-order valence-electron chi connectivity index (χ4n) is 2.77. The maximum atomic E-state index is 6.01. The Hall–Kier alpha value is -1.36. The number of aromatic nitrogens is 1. The van der Waals surface area contributed by atoms with Crippen LogP contribution in [0.5, 0.6) is 0 Å². The van der Waals surface area contributed by atoms with Gasteiger partial charge in [-0.3, -0.25) is 15.8 Å². The van der Waals surface area contributed by atoms with Crippen LogP contribution < -0.4 is 16.2 Å². The first kappa shape index (κ1) is 13.6. The topological polar surface area (TPSA) is 49.0 Å². The number of nitrogens with zero attached hydrogens (tertiary/aromatic N) is 1. The molecule has 5 heteroatoms. The summed E-state index contributed by atoms with van der Waals surface area (Å²) in [5, 5.41) is 5.37. The molecule has 1 aromatic heterocycles. The van der Waals surface area contributed by atoms with E-state index in [0.717, 1.165) is 23.1 Å². The van der Waals surface area contributed by atoms with Gasteiger partial charge < -0.3 is 5.32 Å². The Kier molecular flexibility index (Phi) is 3.78. The highest BCUT2D eigenvalue weighted by Gasteiger charge is 2.29. The van der Waals surface area contributed by atoms with Crippen molar-refractivity contribution >= 4 is 28.2 Å². The van der Waals surface area contributed by atoms with Crippen molar-refractivity contribution in [3.8, 4) is 0 Å². The fourth-order valence-corrected chi connectivity index (χ4v) is 2.93. The van der Waals surface area contributed by atoms with Crippen LogP contribution in [0, 0.1) is 5.92 Å². The van der Waals surface area contributed by atoms with Gasteiger partial charge in [-0.25, -0.2) is 0 Å². The summed E-state index contributed by atoms with van der Waals surface area (Å²) in [6, 6.07) is 8.75. The molecule has 0 aliphatic carbocycles. The van der Waals surface area contributed by atoms with E-state index in [1.165, 1.54) is 0 Å². The molecule has 4 nitrogen and oxygen atoms in total. The summed E-state index contributed by atoms with van der Waals surface area (Å²) in [4.78, 5) is 4.36. The van der Waals surface area contributed by atoms with Crippen molar-refractivity contribution in [1.29, 1.82) is 0 Å². The highest BCUT2D eigenvalue weighted by atomic mass is 35.5. The highest BCUT2D eigenvalue weighted by molar-refractivity contribution is 6.31. The van der Waals surface area contributed by atoms with E-state index in [4.69, 9.17) is 11.6 Å². The minimum atomic E-state index is 0.458. The van der Waals surface area contributed by atoms with Gasteiger partial charge in [-0.05, 0) is 38.1 Å². The van der Waals surface area contributed by atoms with Crippen LogP contribution in [-0.2, 0) is 0 Å². The molecule has 1 aliphatic rings. The maximum Gasteiger partial charge on any atom is 0.0737 e. The van der Waals surface area contributed by atoms with E-state index in [1.54, 1.807) is 0 Å². The van der Waals surface area contributed by atoms with Crippen molar-refractivity contribution in [1.82, 2.24) is 15.8 Å². The lowest BCUT2D eigenvalue weighted by atomic mass is 9.96. The third-order valence-corrected chi connectivity index (χ3v) is 4.29. The van der Waals surface area contributed by atoms with E-state index in [0.29, 0.717) is 23.0 Å². The molecule has 20 heavy (non-hydrogen) atoms. The standard InChI is InChI=1S/C15H19ClN4/c1-9-13(10(2)20-19-9)8-18-14-5-6-17-15-7-11(16)3-4-12(14)15/h3-7,9-10,13,19-20H,8H2,1-2H3,(H,17,18). The largest absolute Gasteiger partial charge is 0.384 e. The zero-order valence-corrected chi connectivity index (χ0v) is 12.4. The number of rotatable bonds is 3. The smallest absolute Gasteiger partial charge is 0.0737 e. The van der Waals surface area contributed by atoms with E-state index in [2.05, 4.69) is 35.0 Å². The highest BCUT2D eigenvalue weighted by Crippen LogP contribution is 2.25. The van der Waals surface area contributed by atoms with Crippen molar-refractivity contribution in [2.45, 2.75) is 25.9 Å². The van der Waals surface area contributed by atoms with Crippen molar-refractivity contribution in [3.63, 3.8) is 0 Å². The maximum absolute atomic E-state index is 6.01. The van der Waals surface area contributed by atoms with Gasteiger partial charge in [0.25, 0.3) is 0 Å². The molecule has 0 amide bonds. The SMILES string of the molecule is CC1NNC(C)C1CNc1ccnc2cc(Cl)ccc12. The molecule has 0 bridgehead atoms. The van der Waals surface area contributed by atoms with Crippen molar-refractivity contribution in [3.05, 3.63) is 35.5 Å². The number of hydrogen-bond donors (Lipinski definition) is 3. The second-order valence-electron chi connectivity index (χ2n) is 5.43. The molecule has 3 rings (SSSR count). The lowest BCUT2D eigenvalue weighted by Gasteiger charge is -2.19. The molecule has 0 radical (unpaired) electrons. The molecule has 0 spiro atoms. The van der Waals surface area contributed by atoms with E-state index in [1.807, 2.05) is 30.5 Å². The number of hydrazine groups is 1. The average Bonchev–Trinajstić information content (AvgIpc) is 2.75. The van der Waals surface area contributed by atoms with Crippen LogP contribution in [0.2, 0.25) is 5.02 Å². The quantitative estimate of drug-likeness (QED) is 0.814. The number of nitrogens with one attached hydrogen (secondary N) is 3. The molecule has 0 saturated carbocycles. The molecule has 2 atom stereocenters. The van der Waals surface area contributed by atoms with Gasteiger partial charge >= 0.3 is 0 Å². The zero-order chi connectivity index (χ0) is 14.1. The summed E-state index contributed by atoms with van der Waals surface area (Å²) in [6.07, 6.45) is 1.82. The van der Waals surface area contributed by atoms with Gasteiger partial charge in [-0.2, -0.15) is 0 Å². The molecule has 1 saturated heterocycles. The first-order chi connectivity index (χ1) is 9.65. The third kappa shape index (κ3) is 2.59. The van der Waals surface area contributed by atoms with Crippen LogP contribution >= 0.6 is 11.6 Å². The molecule has 2 unspecified atom stereocenters. The summed E-state index contributed by atoms with van der Waals surface area (Å²) in [7, 11) is 0. The molecule has 1 aromatic carbocycles. The van der Waals surface area contributed by atoms with E-state index in [9.17, 15) is 0 Å². The monoisotopic (exact) mass is 290 g/mol. The van der Waals surface area contributed by atoms with Gasteiger partial charge in [0.05, 0.1) is 5.52 Å². The molecule has 2 aromatic rings. The number of fused-ring (bicyclic) bond motifs is 1. The number of halogens is 1. The zero-order valence-electron chi connectivity index (χ0n) is 11.7. The number of pyridine rings is 1. The lowest BCUT2D eigenvalue weighted by Crippen LogP contribution is -2.30. The summed E-state index contributed by atoms with van der Waals surface area (Å²) in [5.74, 6) is 0.547. The van der Waals surface area contributed by atoms with Crippen LogP contribution in [0.25, 0.3) is 10.9 Å². The first-order valence-corrected chi connectivity index (χ1v) is 7.32. The van der Waals surface area contributed by atoms with E-state index < -0.39 is 0 Å². The van der Waals surface area contributed by atoms with Crippen LogP contribution in [0.3, 0.4) is 0 Å².